The molecule has 0 bridgehead atoms. The van der Waals surface area contributed by atoms with Crippen LogP contribution in [-0.4, -0.2) is 10.4 Å². The van der Waals surface area contributed by atoms with Gasteiger partial charge in [-0.05, 0) is 54.8 Å². The van der Waals surface area contributed by atoms with Gasteiger partial charge >= 0.3 is 0 Å². The monoisotopic (exact) mass is 329 g/mol. The van der Waals surface area contributed by atoms with Gasteiger partial charge in [0.15, 0.2) is 0 Å². The van der Waals surface area contributed by atoms with Gasteiger partial charge in [0, 0.05) is 21.7 Å². The lowest BCUT2D eigenvalue weighted by Crippen LogP contribution is -1.90. The standard InChI is InChI=1S/C17H15NO4S/c1-11-2-4-13(5-3-11)18-14-6-7-16-12(8-14)9-15(10-17(16)19)23-22-21-20/h2-10,18-20H,1H3. The van der Waals surface area contributed by atoms with E-state index in [1.54, 1.807) is 6.07 Å². The molecule has 3 aromatic carbocycles. The molecule has 0 heterocycles. The number of aromatic hydroxyl groups is 1. The van der Waals surface area contributed by atoms with Crippen LogP contribution in [0.15, 0.2) is 59.5 Å². The first-order valence-electron chi connectivity index (χ1n) is 6.91. The predicted molar refractivity (Wildman–Crippen MR) is 90.7 cm³/mol. The highest BCUT2D eigenvalue weighted by Crippen LogP contribution is 2.33. The van der Waals surface area contributed by atoms with E-state index in [1.807, 2.05) is 55.5 Å². The Morgan fingerprint density at radius 1 is 0.957 bits per heavy atom. The fourth-order valence-corrected chi connectivity index (χ4v) is 2.75. The van der Waals surface area contributed by atoms with Crippen molar-refractivity contribution in [1.29, 1.82) is 0 Å². The van der Waals surface area contributed by atoms with Crippen LogP contribution in [0.4, 0.5) is 11.4 Å². The Labute approximate surface area is 137 Å². The van der Waals surface area contributed by atoms with Gasteiger partial charge in [-0.3, -0.25) is 0 Å². The molecular formula is C17H15NO4S. The molecule has 118 valence electrons. The summed E-state index contributed by atoms with van der Waals surface area (Å²) in [4.78, 5) is 0.608. The zero-order valence-corrected chi connectivity index (χ0v) is 13.1. The van der Waals surface area contributed by atoms with Gasteiger partial charge in [0.2, 0.25) is 0 Å². The van der Waals surface area contributed by atoms with E-state index in [0.717, 1.165) is 34.2 Å². The predicted octanol–water partition coefficient (Wildman–Crippen LogP) is 5.03. The molecule has 0 aliphatic rings. The van der Waals surface area contributed by atoms with Gasteiger partial charge in [-0.15, -0.1) is 4.33 Å². The lowest BCUT2D eigenvalue weighted by Gasteiger charge is -2.10. The topological polar surface area (TPSA) is 71.0 Å². The van der Waals surface area contributed by atoms with E-state index in [0.29, 0.717) is 4.90 Å². The van der Waals surface area contributed by atoms with Crippen LogP contribution in [0.2, 0.25) is 0 Å². The second kappa shape index (κ2) is 6.89. The maximum atomic E-state index is 10.1. The van der Waals surface area contributed by atoms with E-state index < -0.39 is 0 Å². The minimum Gasteiger partial charge on any atom is -0.507 e. The van der Waals surface area contributed by atoms with Gasteiger partial charge in [-0.2, -0.15) is 0 Å². The van der Waals surface area contributed by atoms with Gasteiger partial charge in [-0.25, -0.2) is 5.26 Å². The molecule has 23 heavy (non-hydrogen) atoms. The van der Waals surface area contributed by atoms with Crippen LogP contribution in [0.3, 0.4) is 0 Å². The van der Waals surface area contributed by atoms with E-state index in [9.17, 15) is 5.11 Å². The van der Waals surface area contributed by atoms with Crippen LogP contribution in [0.25, 0.3) is 10.8 Å². The van der Waals surface area contributed by atoms with Gasteiger partial charge in [0.05, 0.1) is 12.0 Å². The molecule has 0 saturated heterocycles. The average Bonchev–Trinajstić information content (AvgIpc) is 2.55. The zero-order valence-electron chi connectivity index (χ0n) is 12.3. The van der Waals surface area contributed by atoms with Crippen molar-refractivity contribution in [3.8, 4) is 5.75 Å². The Kier molecular flexibility index (Phi) is 4.68. The highest BCUT2D eigenvalue weighted by atomic mass is 32.2. The highest BCUT2D eigenvalue weighted by molar-refractivity contribution is 7.94. The summed E-state index contributed by atoms with van der Waals surface area (Å²) in [5.74, 6) is 0.133. The summed E-state index contributed by atoms with van der Waals surface area (Å²) < 4.78 is 4.41. The second-order valence-electron chi connectivity index (χ2n) is 5.10. The van der Waals surface area contributed by atoms with E-state index in [1.165, 1.54) is 5.56 Å². The van der Waals surface area contributed by atoms with E-state index >= 15 is 0 Å². The third-order valence-electron chi connectivity index (χ3n) is 3.41. The van der Waals surface area contributed by atoms with Crippen molar-refractivity contribution >= 4 is 34.2 Å². The molecule has 0 aliphatic heterocycles. The van der Waals surface area contributed by atoms with Gasteiger partial charge < -0.3 is 10.4 Å². The summed E-state index contributed by atoms with van der Waals surface area (Å²) in [7, 11) is 0. The first-order chi connectivity index (χ1) is 11.2. The number of rotatable bonds is 5. The molecule has 3 N–H and O–H groups in total. The molecule has 0 saturated carbocycles. The molecule has 0 spiro atoms. The Morgan fingerprint density at radius 3 is 2.43 bits per heavy atom. The summed E-state index contributed by atoms with van der Waals surface area (Å²) in [6.07, 6.45) is 0. The Morgan fingerprint density at radius 2 is 1.70 bits per heavy atom. The van der Waals surface area contributed by atoms with Crippen molar-refractivity contribution in [2.75, 3.05) is 5.32 Å². The summed E-state index contributed by atoms with van der Waals surface area (Å²) in [5, 5.41) is 26.8. The molecule has 0 fully saturated rings. The second-order valence-corrected chi connectivity index (χ2v) is 5.87. The minimum absolute atomic E-state index is 0.133. The summed E-state index contributed by atoms with van der Waals surface area (Å²) in [6.45, 7) is 2.04. The van der Waals surface area contributed by atoms with E-state index in [4.69, 9.17) is 5.26 Å². The number of hydrogen-bond donors (Lipinski definition) is 3. The number of phenols is 1. The van der Waals surface area contributed by atoms with Gasteiger partial charge in [-0.1, -0.05) is 22.7 Å². The first-order valence-corrected chi connectivity index (χ1v) is 7.65. The van der Waals surface area contributed by atoms with Crippen molar-refractivity contribution in [2.45, 2.75) is 11.8 Å². The summed E-state index contributed by atoms with van der Waals surface area (Å²) >= 11 is 0.808. The molecule has 0 aliphatic carbocycles. The maximum absolute atomic E-state index is 10.1. The minimum atomic E-state index is 0.133. The number of benzene rings is 3. The van der Waals surface area contributed by atoms with E-state index in [-0.39, 0.29) is 5.75 Å². The normalized spacial score (nSPS) is 10.9. The fraction of sp³-hybridized carbons (Fsp3) is 0.0588. The SMILES string of the molecule is Cc1ccc(Nc2ccc3c(O)cc(SOOO)cc3c2)cc1. The lowest BCUT2D eigenvalue weighted by atomic mass is 10.1. The zero-order chi connectivity index (χ0) is 16.2. The third-order valence-corrected chi connectivity index (χ3v) is 3.96. The van der Waals surface area contributed by atoms with Gasteiger partial charge in [0.1, 0.15) is 5.75 Å². The highest BCUT2D eigenvalue weighted by Gasteiger charge is 2.06. The molecule has 0 radical (unpaired) electrons. The average molecular weight is 329 g/mol. The summed E-state index contributed by atoms with van der Waals surface area (Å²) in [5.41, 5.74) is 3.09. The number of anilines is 2. The Hall–Kier alpha value is -2.25. The molecule has 3 aromatic rings. The van der Waals surface area contributed by atoms with Crippen LogP contribution in [-0.2, 0) is 9.37 Å². The molecule has 0 unspecified atom stereocenters. The Bertz CT molecular complexity index is 821. The molecular weight excluding hydrogens is 314 g/mol. The molecule has 0 amide bonds. The number of phenolic OH excluding ortho intramolecular Hbond substituents is 1. The van der Waals surface area contributed by atoms with Crippen molar-refractivity contribution in [1.82, 2.24) is 0 Å². The maximum Gasteiger partial charge on any atom is 0.124 e. The smallest absolute Gasteiger partial charge is 0.124 e. The number of nitrogens with one attached hydrogen (secondary N) is 1. The summed E-state index contributed by atoms with van der Waals surface area (Å²) in [6, 6.07) is 17.1. The third kappa shape index (κ3) is 3.75. The van der Waals surface area contributed by atoms with Crippen LogP contribution in [0, 0.1) is 6.92 Å². The number of hydrogen-bond acceptors (Lipinski definition) is 6. The molecule has 6 heteroatoms. The largest absolute Gasteiger partial charge is 0.507 e. The number of fused-ring (bicyclic) bond motifs is 1. The Balaban J connectivity index is 1.91. The van der Waals surface area contributed by atoms with Crippen molar-refractivity contribution in [3.63, 3.8) is 0 Å². The van der Waals surface area contributed by atoms with Crippen LogP contribution < -0.4 is 5.32 Å². The van der Waals surface area contributed by atoms with E-state index in [2.05, 4.69) is 14.7 Å². The lowest BCUT2D eigenvalue weighted by molar-refractivity contribution is -0.432. The van der Waals surface area contributed by atoms with Gasteiger partial charge in [0.25, 0.3) is 0 Å². The van der Waals surface area contributed by atoms with Crippen molar-refractivity contribution in [2.24, 2.45) is 0 Å². The quantitative estimate of drug-likeness (QED) is 0.347. The first kappa shape index (κ1) is 15.6. The van der Waals surface area contributed by atoms with Crippen LogP contribution in [0.1, 0.15) is 5.56 Å². The fourth-order valence-electron chi connectivity index (χ4n) is 2.31. The number of aryl methyl sites for hydroxylation is 1. The molecule has 3 rings (SSSR count). The molecule has 0 aromatic heterocycles. The van der Waals surface area contributed by atoms with Crippen molar-refractivity contribution in [3.05, 3.63) is 60.2 Å². The molecule has 5 nitrogen and oxygen atoms in total. The van der Waals surface area contributed by atoms with Crippen LogP contribution in [0.5, 0.6) is 5.75 Å². The molecule has 0 atom stereocenters. The van der Waals surface area contributed by atoms with Crippen LogP contribution >= 0.6 is 12.0 Å². The van der Waals surface area contributed by atoms with Crippen molar-refractivity contribution < 1.29 is 19.7 Å².